The van der Waals surface area contributed by atoms with Crippen molar-refractivity contribution >= 4 is 31.6 Å². The van der Waals surface area contributed by atoms with Gasteiger partial charge in [0.25, 0.3) is 0 Å². The Balaban J connectivity index is 3.07. The molecule has 1 aromatic rings. The molecule has 0 aliphatic heterocycles. The Morgan fingerprint density at radius 3 is 2.25 bits per heavy atom. The third-order valence-corrected chi connectivity index (χ3v) is 3.23. The van der Waals surface area contributed by atoms with E-state index < -0.39 is 27.0 Å². The van der Waals surface area contributed by atoms with Gasteiger partial charge in [0.05, 0.1) is 5.69 Å². The lowest BCUT2D eigenvalue weighted by molar-refractivity contribution is -0.0429. The summed E-state index contributed by atoms with van der Waals surface area (Å²) in [5.74, 6) is -0.707. The van der Waals surface area contributed by atoms with Crippen LogP contribution in [0.3, 0.4) is 0 Å². The Morgan fingerprint density at radius 1 is 1.25 bits per heavy atom. The van der Waals surface area contributed by atoms with E-state index in [2.05, 4.69) is 15.9 Å². The lowest BCUT2D eigenvalue weighted by Crippen LogP contribution is -2.30. The molecule has 0 fully saturated rings. The van der Waals surface area contributed by atoms with Crippen molar-refractivity contribution in [2.24, 2.45) is 0 Å². The van der Waals surface area contributed by atoms with Crippen LogP contribution >= 0.6 is 15.9 Å². The fraction of sp³-hybridized carbons (Fsp3) is 0.143. The van der Waals surface area contributed by atoms with Crippen LogP contribution in [0.4, 0.5) is 23.2 Å². The van der Waals surface area contributed by atoms with E-state index in [4.69, 9.17) is 0 Å². The number of hydrogen-bond donors (Lipinski definition) is 1. The summed E-state index contributed by atoms with van der Waals surface area (Å²) in [6, 6.07) is 2.55. The van der Waals surface area contributed by atoms with E-state index in [9.17, 15) is 26.0 Å². The molecular formula is C7H4BrF4NO2S. The molecule has 0 aromatic heterocycles. The highest BCUT2D eigenvalue weighted by Gasteiger charge is 2.46. The topological polar surface area (TPSA) is 46.2 Å². The van der Waals surface area contributed by atoms with Crippen LogP contribution in [0.5, 0.6) is 0 Å². The van der Waals surface area contributed by atoms with Crippen molar-refractivity contribution in [3.8, 4) is 0 Å². The summed E-state index contributed by atoms with van der Waals surface area (Å²) in [6.45, 7) is 0. The quantitative estimate of drug-likeness (QED) is 0.851. The second kappa shape index (κ2) is 4.21. The molecule has 1 aromatic carbocycles. The highest BCUT2D eigenvalue weighted by molar-refractivity contribution is 9.10. The minimum Gasteiger partial charge on any atom is -0.275 e. The summed E-state index contributed by atoms with van der Waals surface area (Å²) in [4.78, 5) is 0. The number of sulfonamides is 1. The number of hydrogen-bond acceptors (Lipinski definition) is 2. The molecule has 3 nitrogen and oxygen atoms in total. The summed E-state index contributed by atoms with van der Waals surface area (Å²) in [5, 5.41) is 0. The van der Waals surface area contributed by atoms with Gasteiger partial charge in [-0.25, -0.2) is 4.39 Å². The van der Waals surface area contributed by atoms with Crippen LogP contribution in [-0.4, -0.2) is 13.9 Å². The van der Waals surface area contributed by atoms with Crippen LogP contribution in [0, 0.1) is 5.82 Å². The first-order valence-corrected chi connectivity index (χ1v) is 5.95. The standard InChI is InChI=1S/C7H4BrF4NO2S/c8-5-3-4(9)1-2-6(5)13-16(14,15)7(10,11)12/h1-3,13H. The average molecular weight is 322 g/mol. The number of benzene rings is 1. The van der Waals surface area contributed by atoms with E-state index >= 15 is 0 Å². The number of rotatable bonds is 2. The van der Waals surface area contributed by atoms with Gasteiger partial charge in [-0.15, -0.1) is 0 Å². The van der Waals surface area contributed by atoms with Crippen molar-refractivity contribution in [1.29, 1.82) is 0 Å². The Hall–Kier alpha value is -0.830. The van der Waals surface area contributed by atoms with E-state index in [1.807, 2.05) is 0 Å². The first kappa shape index (κ1) is 13.2. The number of halogens is 5. The van der Waals surface area contributed by atoms with Crippen molar-refractivity contribution in [1.82, 2.24) is 0 Å². The van der Waals surface area contributed by atoms with Crippen molar-refractivity contribution in [2.75, 3.05) is 4.72 Å². The molecular weight excluding hydrogens is 318 g/mol. The molecule has 0 saturated heterocycles. The summed E-state index contributed by atoms with van der Waals surface area (Å²) in [7, 11) is -5.49. The minimum atomic E-state index is -5.49. The number of nitrogens with one attached hydrogen (secondary N) is 1. The van der Waals surface area contributed by atoms with Gasteiger partial charge < -0.3 is 0 Å². The lowest BCUT2D eigenvalue weighted by atomic mass is 10.3. The van der Waals surface area contributed by atoms with Gasteiger partial charge in [-0.05, 0) is 34.1 Å². The molecule has 0 atom stereocenters. The van der Waals surface area contributed by atoms with E-state index in [1.165, 1.54) is 4.72 Å². The summed E-state index contributed by atoms with van der Waals surface area (Å²) in [6.07, 6.45) is 0. The van der Waals surface area contributed by atoms with Crippen molar-refractivity contribution in [3.05, 3.63) is 28.5 Å². The molecule has 0 aliphatic rings. The van der Waals surface area contributed by atoms with Gasteiger partial charge in [0, 0.05) is 4.47 Å². The van der Waals surface area contributed by atoms with Crippen molar-refractivity contribution in [3.63, 3.8) is 0 Å². The molecule has 0 heterocycles. The highest BCUT2D eigenvalue weighted by atomic mass is 79.9. The first-order valence-electron chi connectivity index (χ1n) is 3.67. The molecule has 0 radical (unpaired) electrons. The summed E-state index contributed by atoms with van der Waals surface area (Å²) >= 11 is 2.73. The van der Waals surface area contributed by atoms with Crippen LogP contribution < -0.4 is 4.72 Å². The molecule has 1 rings (SSSR count). The van der Waals surface area contributed by atoms with E-state index in [-0.39, 0.29) is 4.47 Å². The average Bonchev–Trinajstić information content (AvgIpc) is 2.08. The van der Waals surface area contributed by atoms with Gasteiger partial charge in [0.15, 0.2) is 0 Å². The molecule has 0 unspecified atom stereocenters. The number of alkyl halides is 3. The Bertz CT molecular complexity index is 500. The Labute approximate surface area is 96.6 Å². The van der Waals surface area contributed by atoms with Crippen molar-refractivity contribution < 1.29 is 26.0 Å². The van der Waals surface area contributed by atoms with Crippen LogP contribution in [-0.2, 0) is 10.0 Å². The minimum absolute atomic E-state index is 0.125. The normalized spacial score (nSPS) is 12.6. The van der Waals surface area contributed by atoms with Crippen molar-refractivity contribution in [2.45, 2.75) is 5.51 Å². The zero-order chi connectivity index (χ0) is 12.6. The zero-order valence-corrected chi connectivity index (χ0v) is 9.75. The number of anilines is 1. The lowest BCUT2D eigenvalue weighted by Gasteiger charge is -2.11. The van der Waals surface area contributed by atoms with E-state index in [1.54, 1.807) is 0 Å². The van der Waals surface area contributed by atoms with Crippen LogP contribution in [0.2, 0.25) is 0 Å². The van der Waals surface area contributed by atoms with Crippen LogP contribution in [0.15, 0.2) is 22.7 Å². The third kappa shape index (κ3) is 2.85. The molecule has 90 valence electrons. The second-order valence-electron chi connectivity index (χ2n) is 2.68. The first-order chi connectivity index (χ1) is 7.13. The molecule has 9 heteroatoms. The molecule has 0 bridgehead atoms. The maximum atomic E-state index is 12.6. The smallest absolute Gasteiger partial charge is 0.275 e. The largest absolute Gasteiger partial charge is 0.516 e. The van der Waals surface area contributed by atoms with E-state index in [0.29, 0.717) is 0 Å². The summed E-state index contributed by atoms with van der Waals surface area (Å²) in [5.41, 5.74) is -5.81. The van der Waals surface area contributed by atoms with Gasteiger partial charge in [0.1, 0.15) is 5.82 Å². The monoisotopic (exact) mass is 321 g/mol. The van der Waals surface area contributed by atoms with Gasteiger partial charge in [-0.3, -0.25) is 4.72 Å². The molecule has 0 spiro atoms. The molecule has 0 aliphatic carbocycles. The Kier molecular flexibility index (Phi) is 3.48. The fourth-order valence-corrected chi connectivity index (χ4v) is 1.94. The maximum Gasteiger partial charge on any atom is 0.516 e. The summed E-state index contributed by atoms with van der Waals surface area (Å²) < 4.78 is 71.1. The third-order valence-electron chi connectivity index (χ3n) is 1.48. The molecule has 1 N–H and O–H groups in total. The van der Waals surface area contributed by atoms with Gasteiger partial charge in [-0.2, -0.15) is 21.6 Å². The van der Waals surface area contributed by atoms with E-state index in [0.717, 1.165) is 18.2 Å². The molecule has 0 amide bonds. The second-order valence-corrected chi connectivity index (χ2v) is 5.20. The zero-order valence-electron chi connectivity index (χ0n) is 7.35. The van der Waals surface area contributed by atoms with Gasteiger partial charge >= 0.3 is 15.5 Å². The molecule has 0 saturated carbocycles. The SMILES string of the molecule is O=S(=O)(Nc1ccc(F)cc1Br)C(F)(F)F. The highest BCUT2D eigenvalue weighted by Crippen LogP contribution is 2.29. The predicted octanol–water partition coefficient (Wildman–Crippen LogP) is 2.85. The van der Waals surface area contributed by atoms with Crippen LogP contribution in [0.1, 0.15) is 0 Å². The van der Waals surface area contributed by atoms with Crippen LogP contribution in [0.25, 0.3) is 0 Å². The molecule has 16 heavy (non-hydrogen) atoms. The predicted molar refractivity (Wildman–Crippen MR) is 52.7 cm³/mol. The van der Waals surface area contributed by atoms with Gasteiger partial charge in [0.2, 0.25) is 0 Å². The maximum absolute atomic E-state index is 12.6. The Morgan fingerprint density at radius 2 is 1.81 bits per heavy atom. The fourth-order valence-electron chi connectivity index (χ4n) is 0.775. The van der Waals surface area contributed by atoms with Gasteiger partial charge in [-0.1, -0.05) is 0 Å².